The van der Waals surface area contributed by atoms with Gasteiger partial charge in [-0.1, -0.05) is 6.07 Å². The first kappa shape index (κ1) is 16.3. The van der Waals surface area contributed by atoms with E-state index in [2.05, 4.69) is 20.2 Å². The number of hydrogen-bond donors (Lipinski definition) is 1. The smallest absolute Gasteiger partial charge is 0.276 e. The molecule has 0 aliphatic carbocycles. The Bertz CT molecular complexity index is 914. The van der Waals surface area contributed by atoms with Crippen LogP contribution in [-0.2, 0) is 6.42 Å². The van der Waals surface area contributed by atoms with Crippen molar-refractivity contribution in [2.45, 2.75) is 18.9 Å². The topological polar surface area (TPSA) is 105 Å². The standard InChI is InChI=1S/C18H17N5O3/c1-18(25)10-23(11-18)17(24)15-9-26-16(20-15)8-12-5-6-14(22-21-12)13-4-2-3-7-19-13/h2-7,9,25H,8,10-11H2,1H3. The van der Waals surface area contributed by atoms with Crippen LogP contribution in [0.25, 0.3) is 11.4 Å². The van der Waals surface area contributed by atoms with Crippen LogP contribution in [0.4, 0.5) is 0 Å². The molecule has 0 spiro atoms. The van der Waals surface area contributed by atoms with E-state index < -0.39 is 5.60 Å². The maximum atomic E-state index is 12.2. The van der Waals surface area contributed by atoms with E-state index in [0.29, 0.717) is 36.8 Å². The minimum Gasteiger partial charge on any atom is -0.448 e. The lowest BCUT2D eigenvalue weighted by molar-refractivity contribution is -0.0670. The maximum absolute atomic E-state index is 12.2. The van der Waals surface area contributed by atoms with Gasteiger partial charge in [0.05, 0.1) is 36.5 Å². The van der Waals surface area contributed by atoms with E-state index in [1.54, 1.807) is 13.1 Å². The summed E-state index contributed by atoms with van der Waals surface area (Å²) in [6, 6.07) is 9.26. The number of aliphatic hydroxyl groups is 1. The Morgan fingerprint density at radius 3 is 2.73 bits per heavy atom. The number of oxazole rings is 1. The molecule has 0 unspecified atom stereocenters. The van der Waals surface area contributed by atoms with Crippen LogP contribution in [0.2, 0.25) is 0 Å². The van der Waals surface area contributed by atoms with Crippen LogP contribution in [0.5, 0.6) is 0 Å². The molecule has 0 bridgehead atoms. The van der Waals surface area contributed by atoms with E-state index >= 15 is 0 Å². The fourth-order valence-corrected chi connectivity index (χ4v) is 2.83. The number of hydrogen-bond acceptors (Lipinski definition) is 7. The van der Waals surface area contributed by atoms with Crippen LogP contribution in [0.3, 0.4) is 0 Å². The highest BCUT2D eigenvalue weighted by Crippen LogP contribution is 2.22. The van der Waals surface area contributed by atoms with E-state index in [4.69, 9.17) is 4.42 Å². The second kappa shape index (κ2) is 6.30. The zero-order chi connectivity index (χ0) is 18.1. The number of nitrogens with zero attached hydrogens (tertiary/aromatic N) is 5. The Balaban J connectivity index is 1.42. The van der Waals surface area contributed by atoms with Crippen molar-refractivity contribution in [3.05, 3.63) is 60.1 Å². The Kier molecular flexibility index (Phi) is 3.96. The molecule has 0 aromatic carbocycles. The second-order valence-electron chi connectivity index (χ2n) is 6.59. The molecule has 8 heteroatoms. The predicted molar refractivity (Wildman–Crippen MR) is 91.1 cm³/mol. The lowest BCUT2D eigenvalue weighted by atomic mass is 9.97. The van der Waals surface area contributed by atoms with Gasteiger partial charge in [0, 0.05) is 6.20 Å². The fraction of sp³-hybridized carbons (Fsp3) is 0.278. The summed E-state index contributed by atoms with van der Waals surface area (Å²) in [6.45, 7) is 2.29. The second-order valence-corrected chi connectivity index (χ2v) is 6.59. The minimum absolute atomic E-state index is 0.230. The molecule has 1 aliphatic rings. The Labute approximate surface area is 149 Å². The molecule has 0 atom stereocenters. The molecule has 3 aromatic heterocycles. The monoisotopic (exact) mass is 351 g/mol. The predicted octanol–water partition coefficient (Wildman–Crippen LogP) is 1.32. The molecule has 0 saturated carbocycles. The summed E-state index contributed by atoms with van der Waals surface area (Å²) in [7, 11) is 0. The lowest BCUT2D eigenvalue weighted by Crippen LogP contribution is -2.61. The highest BCUT2D eigenvalue weighted by molar-refractivity contribution is 5.92. The number of carbonyl (C=O) groups is 1. The van der Waals surface area contributed by atoms with Crippen LogP contribution in [0, 0.1) is 0 Å². The van der Waals surface area contributed by atoms with Gasteiger partial charge in [-0.25, -0.2) is 4.98 Å². The van der Waals surface area contributed by atoms with Gasteiger partial charge in [0.1, 0.15) is 12.0 Å². The summed E-state index contributed by atoms with van der Waals surface area (Å²) in [5.41, 5.74) is 1.53. The maximum Gasteiger partial charge on any atom is 0.276 e. The Morgan fingerprint density at radius 1 is 1.23 bits per heavy atom. The van der Waals surface area contributed by atoms with Crippen LogP contribution in [0.1, 0.15) is 29.0 Å². The molecule has 1 aliphatic heterocycles. The summed E-state index contributed by atoms with van der Waals surface area (Å²) in [5.74, 6) is 0.142. The summed E-state index contributed by atoms with van der Waals surface area (Å²) in [4.78, 5) is 22.2. The Hall–Kier alpha value is -3.13. The molecule has 1 N–H and O–H groups in total. The largest absolute Gasteiger partial charge is 0.448 e. The summed E-state index contributed by atoms with van der Waals surface area (Å²) in [6.07, 6.45) is 3.37. The summed E-state index contributed by atoms with van der Waals surface area (Å²) >= 11 is 0. The van der Waals surface area contributed by atoms with Gasteiger partial charge in [0.25, 0.3) is 5.91 Å². The molecular weight excluding hydrogens is 334 g/mol. The third-order valence-electron chi connectivity index (χ3n) is 4.10. The van der Waals surface area contributed by atoms with Crippen LogP contribution in [0.15, 0.2) is 47.2 Å². The van der Waals surface area contributed by atoms with E-state index in [9.17, 15) is 9.90 Å². The van der Waals surface area contributed by atoms with Gasteiger partial charge in [-0.3, -0.25) is 9.78 Å². The zero-order valence-electron chi connectivity index (χ0n) is 14.2. The number of pyridine rings is 1. The number of likely N-dealkylation sites (tertiary alicyclic amines) is 1. The van der Waals surface area contributed by atoms with Crippen molar-refractivity contribution in [3.63, 3.8) is 0 Å². The number of rotatable bonds is 4. The molecule has 1 amide bonds. The first-order valence-electron chi connectivity index (χ1n) is 8.20. The van der Waals surface area contributed by atoms with E-state index in [1.165, 1.54) is 11.2 Å². The quantitative estimate of drug-likeness (QED) is 0.756. The molecule has 1 fully saturated rings. The van der Waals surface area contributed by atoms with E-state index in [1.807, 2.05) is 30.3 Å². The molecule has 8 nitrogen and oxygen atoms in total. The average Bonchev–Trinajstić information content (AvgIpc) is 3.09. The van der Waals surface area contributed by atoms with Gasteiger partial charge in [0.15, 0.2) is 5.69 Å². The minimum atomic E-state index is -0.812. The van der Waals surface area contributed by atoms with Crippen LogP contribution in [-0.4, -0.2) is 54.8 Å². The number of β-amino-alcohol motifs (C(OH)–C–C–N with tert-alkyl or cyclic N) is 1. The summed E-state index contributed by atoms with van der Waals surface area (Å²) in [5, 5.41) is 18.1. The number of carbonyl (C=O) groups excluding carboxylic acids is 1. The molecule has 0 radical (unpaired) electrons. The van der Waals surface area contributed by atoms with Gasteiger partial charge in [0.2, 0.25) is 5.89 Å². The Morgan fingerprint density at radius 2 is 2.08 bits per heavy atom. The normalized spacial score (nSPS) is 15.5. The van der Waals surface area contributed by atoms with Crippen LogP contribution >= 0.6 is 0 Å². The van der Waals surface area contributed by atoms with Crippen molar-refractivity contribution in [2.75, 3.05) is 13.1 Å². The lowest BCUT2D eigenvalue weighted by Gasteiger charge is -2.43. The van der Waals surface area contributed by atoms with Crippen molar-refractivity contribution < 1.29 is 14.3 Å². The van der Waals surface area contributed by atoms with Gasteiger partial charge in [-0.15, -0.1) is 5.10 Å². The average molecular weight is 351 g/mol. The molecule has 132 valence electrons. The molecular formula is C18H17N5O3. The van der Waals surface area contributed by atoms with E-state index in [0.717, 1.165) is 5.69 Å². The fourth-order valence-electron chi connectivity index (χ4n) is 2.83. The molecule has 4 heterocycles. The van der Waals surface area contributed by atoms with Gasteiger partial charge in [-0.05, 0) is 31.2 Å². The number of aromatic nitrogens is 4. The first-order chi connectivity index (χ1) is 12.5. The molecule has 4 rings (SSSR count). The zero-order valence-corrected chi connectivity index (χ0v) is 14.2. The van der Waals surface area contributed by atoms with Crippen molar-refractivity contribution in [1.29, 1.82) is 0 Å². The molecule has 3 aromatic rings. The van der Waals surface area contributed by atoms with Gasteiger partial charge in [-0.2, -0.15) is 5.10 Å². The van der Waals surface area contributed by atoms with Gasteiger partial charge < -0.3 is 14.4 Å². The van der Waals surface area contributed by atoms with Crippen LogP contribution < -0.4 is 0 Å². The first-order valence-corrected chi connectivity index (χ1v) is 8.20. The highest BCUT2D eigenvalue weighted by Gasteiger charge is 2.40. The third-order valence-corrected chi connectivity index (χ3v) is 4.10. The highest BCUT2D eigenvalue weighted by atomic mass is 16.3. The van der Waals surface area contributed by atoms with Crippen molar-refractivity contribution >= 4 is 5.91 Å². The SMILES string of the molecule is CC1(O)CN(C(=O)c2coc(Cc3ccc(-c4ccccn4)nn3)n2)C1. The van der Waals surface area contributed by atoms with Crippen molar-refractivity contribution in [1.82, 2.24) is 25.1 Å². The van der Waals surface area contributed by atoms with E-state index in [-0.39, 0.29) is 11.6 Å². The summed E-state index contributed by atoms with van der Waals surface area (Å²) < 4.78 is 5.37. The number of amides is 1. The third kappa shape index (κ3) is 3.31. The van der Waals surface area contributed by atoms with Crippen molar-refractivity contribution in [2.24, 2.45) is 0 Å². The van der Waals surface area contributed by atoms with Crippen molar-refractivity contribution in [3.8, 4) is 11.4 Å². The molecule has 1 saturated heterocycles. The van der Waals surface area contributed by atoms with Gasteiger partial charge >= 0.3 is 0 Å². The molecule has 26 heavy (non-hydrogen) atoms.